The third-order valence-corrected chi connectivity index (χ3v) is 0.888. The number of methoxy groups -OCH3 is 1. The van der Waals surface area contributed by atoms with E-state index in [1.54, 1.807) is 13.2 Å². The zero-order valence-electron chi connectivity index (χ0n) is 3.60. The van der Waals surface area contributed by atoms with Gasteiger partial charge in [0.05, 0.1) is 0 Å². The summed E-state index contributed by atoms with van der Waals surface area (Å²) >= 11 is 2.65. The SMILES string of the molecule is C=C[C](=[Cr])OC. The zero-order chi connectivity index (χ0) is 4.99. The minimum absolute atomic E-state index is 0.731. The molecule has 0 atom stereocenters. The van der Waals surface area contributed by atoms with Gasteiger partial charge in [0.1, 0.15) is 0 Å². The van der Waals surface area contributed by atoms with E-state index in [0.717, 1.165) is 4.57 Å². The Bertz CT molecular complexity index is 67.9. The van der Waals surface area contributed by atoms with Crippen molar-refractivity contribution in [3.05, 3.63) is 12.7 Å². The van der Waals surface area contributed by atoms with Gasteiger partial charge < -0.3 is 0 Å². The van der Waals surface area contributed by atoms with Crippen LogP contribution in [0, 0.1) is 0 Å². The van der Waals surface area contributed by atoms with E-state index in [9.17, 15) is 0 Å². The molecule has 0 aliphatic rings. The van der Waals surface area contributed by atoms with E-state index in [-0.39, 0.29) is 0 Å². The minimum atomic E-state index is 0.731. The van der Waals surface area contributed by atoms with Gasteiger partial charge in [0.25, 0.3) is 0 Å². The fourth-order valence-corrected chi connectivity index (χ4v) is 0.0833. The molecule has 0 N–H and O–H groups in total. The average molecular weight is 122 g/mol. The van der Waals surface area contributed by atoms with E-state index in [1.165, 1.54) is 0 Å². The summed E-state index contributed by atoms with van der Waals surface area (Å²) in [5.74, 6) is 0. The van der Waals surface area contributed by atoms with Gasteiger partial charge >= 0.3 is 44.9 Å². The van der Waals surface area contributed by atoms with E-state index < -0.39 is 0 Å². The van der Waals surface area contributed by atoms with E-state index in [4.69, 9.17) is 0 Å². The van der Waals surface area contributed by atoms with Crippen molar-refractivity contribution in [3.63, 3.8) is 0 Å². The topological polar surface area (TPSA) is 9.23 Å². The van der Waals surface area contributed by atoms with Crippen LogP contribution in [0.4, 0.5) is 0 Å². The third-order valence-electron chi connectivity index (χ3n) is 0.368. The van der Waals surface area contributed by atoms with Gasteiger partial charge in [-0.2, -0.15) is 0 Å². The van der Waals surface area contributed by atoms with E-state index in [0.29, 0.717) is 0 Å². The zero-order valence-corrected chi connectivity index (χ0v) is 4.88. The van der Waals surface area contributed by atoms with Gasteiger partial charge in [0.15, 0.2) is 0 Å². The predicted molar refractivity (Wildman–Crippen MR) is 22.2 cm³/mol. The van der Waals surface area contributed by atoms with Gasteiger partial charge in [-0.15, -0.1) is 0 Å². The molecule has 0 aromatic rings. The van der Waals surface area contributed by atoms with E-state index >= 15 is 0 Å². The van der Waals surface area contributed by atoms with Crippen LogP contribution in [0.15, 0.2) is 12.7 Å². The molecule has 1 nitrogen and oxygen atoms in total. The molecule has 0 aromatic heterocycles. The number of rotatable bonds is 2. The Morgan fingerprint density at radius 3 is 2.50 bits per heavy atom. The van der Waals surface area contributed by atoms with Crippen LogP contribution in [0.25, 0.3) is 0 Å². The Morgan fingerprint density at radius 2 is 2.50 bits per heavy atom. The van der Waals surface area contributed by atoms with Crippen molar-refractivity contribution in [2.45, 2.75) is 0 Å². The molecule has 0 saturated carbocycles. The summed E-state index contributed by atoms with van der Waals surface area (Å²) in [6.07, 6.45) is 1.61. The van der Waals surface area contributed by atoms with E-state index in [1.807, 2.05) is 0 Å². The van der Waals surface area contributed by atoms with Crippen LogP contribution in [0.2, 0.25) is 0 Å². The van der Waals surface area contributed by atoms with Crippen LogP contribution in [0.5, 0.6) is 0 Å². The number of hydrogen-bond donors (Lipinski definition) is 0. The third kappa shape index (κ3) is 2.35. The summed E-state index contributed by atoms with van der Waals surface area (Å²) < 4.78 is 5.37. The second kappa shape index (κ2) is 3.30. The van der Waals surface area contributed by atoms with Gasteiger partial charge in [-0.1, -0.05) is 0 Å². The van der Waals surface area contributed by atoms with Gasteiger partial charge in [-0.05, 0) is 0 Å². The first kappa shape index (κ1) is 6.10. The van der Waals surface area contributed by atoms with Crippen molar-refractivity contribution in [1.82, 2.24) is 0 Å². The second-order valence-electron chi connectivity index (χ2n) is 0.727. The van der Waals surface area contributed by atoms with Gasteiger partial charge in [0.2, 0.25) is 0 Å². The summed E-state index contributed by atoms with van der Waals surface area (Å²) in [4.78, 5) is 0. The van der Waals surface area contributed by atoms with Crippen LogP contribution in [0.3, 0.4) is 0 Å². The fourth-order valence-electron chi connectivity index (χ4n) is 0.0833. The molecule has 0 aliphatic heterocycles. The van der Waals surface area contributed by atoms with Crippen molar-refractivity contribution in [1.29, 1.82) is 0 Å². The Balaban J connectivity index is 3.23. The van der Waals surface area contributed by atoms with Crippen LogP contribution < -0.4 is 0 Å². The molecule has 0 aliphatic carbocycles. The standard InChI is InChI=1S/C4H6O.Cr/c1-3-4-5-2;/h3H,1H2,2H3;. The molecule has 0 aromatic carbocycles. The molecule has 0 bridgehead atoms. The van der Waals surface area contributed by atoms with Gasteiger partial charge in [-0.3, -0.25) is 0 Å². The van der Waals surface area contributed by atoms with Crippen LogP contribution >= 0.6 is 0 Å². The quantitative estimate of drug-likeness (QED) is 0.518. The van der Waals surface area contributed by atoms with Gasteiger partial charge in [0, 0.05) is 0 Å². The second-order valence-corrected chi connectivity index (χ2v) is 1.36. The molecule has 0 saturated heterocycles. The first-order chi connectivity index (χ1) is 2.81. The van der Waals surface area contributed by atoms with Crippen molar-refractivity contribution in [3.8, 4) is 0 Å². The molecule has 34 valence electrons. The Kier molecular flexibility index (Phi) is 3.35. The molecule has 0 amide bonds. The molecular formula is C4H6CrO. The Hall–Kier alpha value is 0.102. The normalized spacial score (nSPS) is 7.50. The molecule has 0 heterocycles. The van der Waals surface area contributed by atoms with Crippen LogP contribution in [-0.2, 0) is 20.6 Å². The summed E-state index contributed by atoms with van der Waals surface area (Å²) in [7, 11) is 1.59. The molecule has 0 fully saturated rings. The first-order valence-corrected chi connectivity index (χ1v) is 2.15. The van der Waals surface area contributed by atoms with Crippen molar-refractivity contribution in [2.24, 2.45) is 0 Å². The molecule has 0 rings (SSSR count). The predicted octanol–water partition coefficient (Wildman–Crippen LogP) is 0.495. The van der Waals surface area contributed by atoms with Crippen LogP contribution in [0.1, 0.15) is 0 Å². The first-order valence-electron chi connectivity index (χ1n) is 1.51. The van der Waals surface area contributed by atoms with Crippen molar-refractivity contribution >= 4 is 4.57 Å². The Morgan fingerprint density at radius 1 is 2.00 bits per heavy atom. The molecule has 0 radical (unpaired) electrons. The monoisotopic (exact) mass is 122 g/mol. The molecule has 6 heavy (non-hydrogen) atoms. The summed E-state index contributed by atoms with van der Waals surface area (Å²) in [5.41, 5.74) is 0. The van der Waals surface area contributed by atoms with Crippen molar-refractivity contribution in [2.75, 3.05) is 7.11 Å². The number of hydrogen-bond acceptors (Lipinski definition) is 1. The maximum atomic E-state index is 4.64. The summed E-state index contributed by atoms with van der Waals surface area (Å²) in [6, 6.07) is 0. The molecule has 0 spiro atoms. The average Bonchev–Trinajstić information content (AvgIpc) is 1.65. The Labute approximate surface area is 45.6 Å². The van der Waals surface area contributed by atoms with E-state index in [2.05, 4.69) is 27.2 Å². The van der Waals surface area contributed by atoms with Gasteiger partial charge in [-0.25, -0.2) is 0 Å². The maximum absolute atomic E-state index is 4.64. The molecular weight excluding hydrogens is 116 g/mol. The summed E-state index contributed by atoms with van der Waals surface area (Å²) in [6.45, 7) is 3.44. The van der Waals surface area contributed by atoms with Crippen molar-refractivity contribution < 1.29 is 20.6 Å². The molecule has 2 heteroatoms. The summed E-state index contributed by atoms with van der Waals surface area (Å²) in [5, 5.41) is 0. The molecule has 0 unspecified atom stereocenters. The van der Waals surface area contributed by atoms with Crippen LogP contribution in [-0.4, -0.2) is 11.7 Å². The number of ether oxygens (including phenoxy) is 1. The fraction of sp³-hybridized carbons (Fsp3) is 0.250.